The second kappa shape index (κ2) is 9.31. The van der Waals surface area contributed by atoms with Gasteiger partial charge in [0.15, 0.2) is 0 Å². The zero-order valence-electron chi connectivity index (χ0n) is 21.2. The van der Waals surface area contributed by atoms with Gasteiger partial charge in [0.1, 0.15) is 11.4 Å². The molecule has 0 spiro atoms. The zero-order chi connectivity index (χ0) is 24.9. The third-order valence-electron chi connectivity index (χ3n) is 8.45. The second-order valence-electron chi connectivity index (χ2n) is 10.5. The lowest BCUT2D eigenvalue weighted by molar-refractivity contribution is -0.00296. The molecule has 2 aromatic heterocycles. The maximum atomic E-state index is 13.7. The van der Waals surface area contributed by atoms with Crippen molar-refractivity contribution in [3.05, 3.63) is 47.3 Å². The van der Waals surface area contributed by atoms with E-state index in [0.717, 1.165) is 66.9 Å². The van der Waals surface area contributed by atoms with Gasteiger partial charge in [-0.1, -0.05) is 6.07 Å². The third-order valence-corrected chi connectivity index (χ3v) is 8.45. The molecular weight excluding hydrogens is 470 g/mol. The average molecular weight is 504 g/mol. The lowest BCUT2D eigenvalue weighted by atomic mass is 9.87. The molecule has 3 aromatic rings. The van der Waals surface area contributed by atoms with Crippen LogP contribution in [0.1, 0.15) is 35.6 Å². The highest BCUT2D eigenvalue weighted by molar-refractivity contribution is 5.87. The number of aromatic amines is 1. The molecule has 194 valence electrons. The minimum Gasteiger partial charge on any atom is -0.494 e. The lowest BCUT2D eigenvalue weighted by Gasteiger charge is -2.40. The molecule has 0 saturated carbocycles. The number of carbonyl (C=O) groups excluding carboxylic acids is 1. The van der Waals surface area contributed by atoms with Crippen LogP contribution in [0.3, 0.4) is 0 Å². The van der Waals surface area contributed by atoms with Gasteiger partial charge < -0.3 is 34.3 Å². The first-order valence-corrected chi connectivity index (χ1v) is 13.3. The van der Waals surface area contributed by atoms with Crippen LogP contribution in [-0.4, -0.2) is 84.5 Å². The van der Waals surface area contributed by atoms with Crippen LogP contribution in [0.15, 0.2) is 30.6 Å². The van der Waals surface area contributed by atoms with Crippen molar-refractivity contribution in [1.82, 2.24) is 25.1 Å². The highest BCUT2D eigenvalue weighted by Gasteiger charge is 2.42. The number of benzene rings is 1. The van der Waals surface area contributed by atoms with E-state index >= 15 is 0 Å². The Morgan fingerprint density at radius 2 is 1.97 bits per heavy atom. The van der Waals surface area contributed by atoms with Crippen molar-refractivity contribution in [2.45, 2.75) is 43.9 Å². The third kappa shape index (κ3) is 3.96. The number of nitrogens with zero attached hydrogens (tertiary/aromatic N) is 3. The summed E-state index contributed by atoms with van der Waals surface area (Å²) in [7, 11) is 1.68. The molecule has 6 heterocycles. The van der Waals surface area contributed by atoms with Crippen molar-refractivity contribution in [1.29, 1.82) is 0 Å². The molecule has 2 bridgehead atoms. The van der Waals surface area contributed by atoms with Gasteiger partial charge in [-0.2, -0.15) is 0 Å². The van der Waals surface area contributed by atoms with E-state index in [1.54, 1.807) is 7.11 Å². The number of hydrogen-bond acceptors (Lipinski definition) is 6. The van der Waals surface area contributed by atoms with Gasteiger partial charge in [0.2, 0.25) is 0 Å². The van der Waals surface area contributed by atoms with E-state index in [1.165, 1.54) is 16.7 Å². The number of morpholine rings is 2. The van der Waals surface area contributed by atoms with Gasteiger partial charge in [-0.05, 0) is 53.6 Å². The Morgan fingerprint density at radius 1 is 1.11 bits per heavy atom. The smallest absolute Gasteiger partial charge is 0.320 e. The molecule has 9 nitrogen and oxygen atoms in total. The molecule has 3 saturated heterocycles. The minimum atomic E-state index is 0.0931. The summed E-state index contributed by atoms with van der Waals surface area (Å²) in [5.74, 6) is 0.788. The number of methoxy groups -OCH3 is 1. The summed E-state index contributed by atoms with van der Waals surface area (Å²) < 4.78 is 17.1. The van der Waals surface area contributed by atoms with Gasteiger partial charge in [-0.25, -0.2) is 9.78 Å². The Balaban J connectivity index is 1.25. The average Bonchev–Trinajstić information content (AvgIpc) is 3.48. The number of pyridine rings is 1. The first kappa shape index (κ1) is 23.0. The van der Waals surface area contributed by atoms with E-state index in [0.29, 0.717) is 26.4 Å². The molecule has 2 unspecified atom stereocenters. The fourth-order valence-corrected chi connectivity index (χ4v) is 6.51. The molecule has 3 atom stereocenters. The number of rotatable bonds is 3. The van der Waals surface area contributed by atoms with Crippen molar-refractivity contribution in [3.63, 3.8) is 0 Å². The van der Waals surface area contributed by atoms with Gasteiger partial charge in [0.05, 0.1) is 57.0 Å². The maximum absolute atomic E-state index is 13.7. The van der Waals surface area contributed by atoms with Gasteiger partial charge in [0.25, 0.3) is 0 Å². The van der Waals surface area contributed by atoms with E-state index in [9.17, 15) is 4.79 Å². The van der Waals surface area contributed by atoms with Crippen molar-refractivity contribution >= 4 is 17.1 Å². The Labute approximate surface area is 216 Å². The Kier molecular flexibility index (Phi) is 5.79. The summed E-state index contributed by atoms with van der Waals surface area (Å²) >= 11 is 0. The summed E-state index contributed by atoms with van der Waals surface area (Å²) in [5, 5.41) is 4.61. The number of aromatic nitrogens is 2. The van der Waals surface area contributed by atoms with E-state index in [4.69, 9.17) is 14.2 Å². The lowest BCUT2D eigenvalue weighted by Crippen LogP contribution is -2.55. The quantitative estimate of drug-likeness (QED) is 0.570. The fourth-order valence-electron chi connectivity index (χ4n) is 6.51. The first-order valence-electron chi connectivity index (χ1n) is 13.3. The summed E-state index contributed by atoms with van der Waals surface area (Å²) in [6.07, 6.45) is 6.68. The molecule has 7 rings (SSSR count). The highest BCUT2D eigenvalue weighted by atomic mass is 16.5. The van der Waals surface area contributed by atoms with Crippen LogP contribution in [0.25, 0.3) is 22.2 Å². The number of carbonyl (C=O) groups is 1. The predicted octanol–water partition coefficient (Wildman–Crippen LogP) is 3.24. The molecule has 1 aromatic carbocycles. The van der Waals surface area contributed by atoms with Crippen LogP contribution in [0.5, 0.6) is 5.75 Å². The summed E-state index contributed by atoms with van der Waals surface area (Å²) in [5.41, 5.74) is 6.76. The van der Waals surface area contributed by atoms with E-state index < -0.39 is 0 Å². The Hall–Kier alpha value is -3.14. The van der Waals surface area contributed by atoms with Gasteiger partial charge in [-0.15, -0.1) is 0 Å². The fraction of sp³-hybridized carbons (Fsp3) is 0.500. The van der Waals surface area contributed by atoms with Crippen LogP contribution < -0.4 is 10.1 Å². The second-order valence-corrected chi connectivity index (χ2v) is 10.5. The zero-order valence-corrected chi connectivity index (χ0v) is 21.2. The molecule has 0 radical (unpaired) electrons. The number of H-pyrrole nitrogens is 1. The van der Waals surface area contributed by atoms with Crippen molar-refractivity contribution < 1.29 is 19.0 Å². The molecule has 4 aliphatic heterocycles. The molecule has 2 amide bonds. The molecule has 4 aliphatic rings. The summed E-state index contributed by atoms with van der Waals surface area (Å²) in [4.78, 5) is 25.7. The minimum absolute atomic E-state index is 0.0931. The van der Waals surface area contributed by atoms with E-state index in [2.05, 4.69) is 38.4 Å². The molecule has 2 N–H and O–H groups in total. The van der Waals surface area contributed by atoms with Gasteiger partial charge >= 0.3 is 6.03 Å². The van der Waals surface area contributed by atoms with Crippen LogP contribution in [0, 0.1) is 0 Å². The van der Waals surface area contributed by atoms with E-state index in [-0.39, 0.29) is 24.2 Å². The van der Waals surface area contributed by atoms with Crippen LogP contribution >= 0.6 is 0 Å². The maximum Gasteiger partial charge on any atom is 0.320 e. The first-order chi connectivity index (χ1) is 18.2. The highest BCUT2D eigenvalue weighted by Crippen LogP contribution is 2.37. The number of urea groups is 1. The topological polar surface area (TPSA) is 92.0 Å². The summed E-state index contributed by atoms with van der Waals surface area (Å²) in [6, 6.07) is 7.38. The standard InChI is InChI=1S/C28H33N5O4/c1-35-26-12-31-27-23(26)10-19(11-30-27)18-8-17-4-6-32(28(34)33-20-2-3-21(33)15-37-14-20)13-24(17)22(9-18)25-16-36-7-5-29-25/h8-12,20-21,25,29H,2-7,13-16H2,1H3,(H,30,31)/t20?,21?,25-/m0/s1. The van der Waals surface area contributed by atoms with Crippen LogP contribution in [0.2, 0.25) is 0 Å². The molecule has 0 aliphatic carbocycles. The van der Waals surface area contributed by atoms with Crippen molar-refractivity contribution in [2.75, 3.05) is 46.6 Å². The Bertz CT molecular complexity index is 1320. The normalized spacial score (nSPS) is 25.4. The molecular formula is C28H33N5O4. The number of amides is 2. The van der Waals surface area contributed by atoms with E-state index in [1.807, 2.05) is 17.3 Å². The number of ether oxygens (including phenoxy) is 3. The van der Waals surface area contributed by atoms with Gasteiger partial charge in [0, 0.05) is 37.6 Å². The largest absolute Gasteiger partial charge is 0.494 e. The number of nitrogens with one attached hydrogen (secondary N) is 2. The molecule has 9 heteroatoms. The monoisotopic (exact) mass is 503 g/mol. The van der Waals surface area contributed by atoms with Crippen molar-refractivity contribution in [2.24, 2.45) is 0 Å². The van der Waals surface area contributed by atoms with Crippen LogP contribution in [-0.2, 0) is 22.4 Å². The molecule has 3 fully saturated rings. The Morgan fingerprint density at radius 3 is 2.76 bits per heavy atom. The molecule has 37 heavy (non-hydrogen) atoms. The number of fused-ring (bicyclic) bond motifs is 4. The van der Waals surface area contributed by atoms with Crippen LogP contribution in [0.4, 0.5) is 4.79 Å². The van der Waals surface area contributed by atoms with Gasteiger partial charge in [-0.3, -0.25) is 0 Å². The van der Waals surface area contributed by atoms with Crippen molar-refractivity contribution in [3.8, 4) is 16.9 Å². The predicted molar refractivity (Wildman–Crippen MR) is 139 cm³/mol. The number of hydrogen-bond donors (Lipinski definition) is 2. The SMILES string of the molecule is COc1c[nH]c2ncc(-c3cc4c(c([C@@H]5COCCN5)c3)CN(C(=O)N3C5CCC3COC5)CC4)cc12. The summed E-state index contributed by atoms with van der Waals surface area (Å²) in [6.45, 7) is 4.84.